The average molecular weight is 208 g/mol. The van der Waals surface area contributed by atoms with Gasteiger partial charge in [-0.1, -0.05) is 39.3 Å². The van der Waals surface area contributed by atoms with Crippen LogP contribution in [0.1, 0.15) is 40.0 Å². The van der Waals surface area contributed by atoms with Crippen molar-refractivity contribution in [2.24, 2.45) is 29.6 Å². The van der Waals surface area contributed by atoms with Crippen molar-refractivity contribution in [3.63, 3.8) is 0 Å². The first-order chi connectivity index (χ1) is 7.13. The lowest BCUT2D eigenvalue weighted by molar-refractivity contribution is -0.0214. The van der Waals surface area contributed by atoms with Crippen LogP contribution < -0.4 is 0 Å². The Balaban J connectivity index is 2.21. The van der Waals surface area contributed by atoms with Crippen LogP contribution in [0.5, 0.6) is 0 Å². The van der Waals surface area contributed by atoms with Gasteiger partial charge in [-0.25, -0.2) is 0 Å². The van der Waals surface area contributed by atoms with Gasteiger partial charge in [-0.05, 0) is 42.4 Å². The first-order valence-electron chi connectivity index (χ1n) is 6.49. The second-order valence-corrected chi connectivity index (χ2v) is 5.70. The monoisotopic (exact) mass is 208 g/mol. The SMILES string of the molecule is CCC1C2C(C=C[C@@H]1C)C[C@H](C)C[C@@H]2O. The van der Waals surface area contributed by atoms with E-state index < -0.39 is 0 Å². The van der Waals surface area contributed by atoms with Gasteiger partial charge in [0.2, 0.25) is 0 Å². The summed E-state index contributed by atoms with van der Waals surface area (Å²) in [4.78, 5) is 0. The van der Waals surface area contributed by atoms with E-state index in [0.717, 1.165) is 6.42 Å². The second kappa shape index (κ2) is 4.29. The fourth-order valence-electron chi connectivity index (χ4n) is 3.84. The molecule has 1 saturated carbocycles. The molecule has 1 nitrogen and oxygen atoms in total. The highest BCUT2D eigenvalue weighted by Crippen LogP contribution is 2.45. The molecule has 0 heterocycles. The zero-order valence-electron chi connectivity index (χ0n) is 10.2. The van der Waals surface area contributed by atoms with E-state index >= 15 is 0 Å². The number of allylic oxidation sites excluding steroid dienone is 2. The maximum Gasteiger partial charge on any atom is 0.0579 e. The minimum absolute atomic E-state index is 0.0592. The number of fused-ring (bicyclic) bond motifs is 1. The highest BCUT2D eigenvalue weighted by molar-refractivity contribution is 5.07. The number of rotatable bonds is 1. The Morgan fingerprint density at radius 1 is 1.20 bits per heavy atom. The van der Waals surface area contributed by atoms with Gasteiger partial charge < -0.3 is 5.11 Å². The summed E-state index contributed by atoms with van der Waals surface area (Å²) in [5.74, 6) is 3.22. The van der Waals surface area contributed by atoms with Crippen molar-refractivity contribution in [3.05, 3.63) is 12.2 Å². The highest BCUT2D eigenvalue weighted by atomic mass is 16.3. The lowest BCUT2D eigenvalue weighted by atomic mass is 9.61. The lowest BCUT2D eigenvalue weighted by Crippen LogP contribution is -2.43. The van der Waals surface area contributed by atoms with Gasteiger partial charge in [-0.3, -0.25) is 0 Å². The number of aliphatic hydroxyl groups is 1. The van der Waals surface area contributed by atoms with E-state index in [1.807, 2.05) is 0 Å². The van der Waals surface area contributed by atoms with Crippen LogP contribution in [0.3, 0.4) is 0 Å². The smallest absolute Gasteiger partial charge is 0.0579 e. The largest absolute Gasteiger partial charge is 0.393 e. The maximum absolute atomic E-state index is 10.3. The molecular formula is C14H24O. The molecule has 0 radical (unpaired) electrons. The van der Waals surface area contributed by atoms with Gasteiger partial charge in [0.15, 0.2) is 0 Å². The first kappa shape index (κ1) is 11.2. The van der Waals surface area contributed by atoms with Crippen molar-refractivity contribution in [2.75, 3.05) is 0 Å². The van der Waals surface area contributed by atoms with Gasteiger partial charge >= 0.3 is 0 Å². The molecule has 1 N–H and O–H groups in total. The van der Waals surface area contributed by atoms with Gasteiger partial charge in [0.1, 0.15) is 0 Å². The van der Waals surface area contributed by atoms with Gasteiger partial charge in [0.25, 0.3) is 0 Å². The summed E-state index contributed by atoms with van der Waals surface area (Å²) < 4.78 is 0. The van der Waals surface area contributed by atoms with Gasteiger partial charge in [0.05, 0.1) is 6.10 Å². The standard InChI is InChI=1S/C14H24O/c1-4-12-10(3)5-6-11-7-9(2)8-13(15)14(11)12/h5-6,9-15H,4,7-8H2,1-3H3/t9-,10-,11?,12?,13-,14?/m0/s1. The van der Waals surface area contributed by atoms with Crippen LogP contribution in [0.25, 0.3) is 0 Å². The van der Waals surface area contributed by atoms with Crippen LogP contribution >= 0.6 is 0 Å². The van der Waals surface area contributed by atoms with E-state index in [4.69, 9.17) is 0 Å². The number of aliphatic hydroxyl groups excluding tert-OH is 1. The molecule has 15 heavy (non-hydrogen) atoms. The van der Waals surface area contributed by atoms with Crippen molar-refractivity contribution in [3.8, 4) is 0 Å². The Morgan fingerprint density at radius 2 is 1.93 bits per heavy atom. The molecule has 0 saturated heterocycles. The second-order valence-electron chi connectivity index (χ2n) is 5.70. The van der Waals surface area contributed by atoms with E-state index in [9.17, 15) is 5.11 Å². The van der Waals surface area contributed by atoms with Crippen molar-refractivity contribution >= 4 is 0 Å². The summed E-state index contributed by atoms with van der Waals surface area (Å²) in [7, 11) is 0. The van der Waals surface area contributed by atoms with E-state index in [1.165, 1.54) is 12.8 Å². The molecule has 1 heteroatoms. The molecule has 86 valence electrons. The molecular weight excluding hydrogens is 184 g/mol. The Labute approximate surface area is 93.6 Å². The molecule has 2 aliphatic rings. The Bertz CT molecular complexity index is 246. The maximum atomic E-state index is 10.3. The van der Waals surface area contributed by atoms with Crippen LogP contribution in [0, 0.1) is 29.6 Å². The summed E-state index contributed by atoms with van der Waals surface area (Å²) in [5.41, 5.74) is 0. The minimum atomic E-state index is -0.0592. The third kappa shape index (κ3) is 1.99. The molecule has 0 spiro atoms. The summed E-state index contributed by atoms with van der Waals surface area (Å²) in [5, 5.41) is 10.3. The van der Waals surface area contributed by atoms with Crippen LogP contribution in [-0.2, 0) is 0 Å². The molecule has 6 atom stereocenters. The van der Waals surface area contributed by atoms with Crippen LogP contribution in [-0.4, -0.2) is 11.2 Å². The zero-order valence-corrected chi connectivity index (χ0v) is 10.2. The molecule has 0 aromatic carbocycles. The van der Waals surface area contributed by atoms with Crippen molar-refractivity contribution in [1.29, 1.82) is 0 Å². The quantitative estimate of drug-likeness (QED) is 0.656. The van der Waals surface area contributed by atoms with Crippen LogP contribution in [0.15, 0.2) is 12.2 Å². The third-order valence-corrected chi connectivity index (χ3v) is 4.56. The molecule has 0 aliphatic heterocycles. The molecule has 1 fully saturated rings. The Hall–Kier alpha value is -0.300. The minimum Gasteiger partial charge on any atom is -0.393 e. The molecule has 3 unspecified atom stereocenters. The van der Waals surface area contributed by atoms with Crippen molar-refractivity contribution < 1.29 is 5.11 Å². The summed E-state index contributed by atoms with van der Waals surface area (Å²) >= 11 is 0. The molecule has 0 aromatic heterocycles. The summed E-state index contributed by atoms with van der Waals surface area (Å²) in [6, 6.07) is 0. The van der Waals surface area contributed by atoms with E-state index in [0.29, 0.717) is 29.6 Å². The fraction of sp³-hybridized carbons (Fsp3) is 0.857. The van der Waals surface area contributed by atoms with E-state index in [2.05, 4.69) is 32.9 Å². The summed E-state index contributed by atoms with van der Waals surface area (Å²) in [6.07, 6.45) is 8.19. The number of hydrogen-bond acceptors (Lipinski definition) is 1. The van der Waals surface area contributed by atoms with Gasteiger partial charge in [0, 0.05) is 0 Å². The van der Waals surface area contributed by atoms with Gasteiger partial charge in [-0.2, -0.15) is 0 Å². The van der Waals surface area contributed by atoms with Gasteiger partial charge in [-0.15, -0.1) is 0 Å². The average Bonchev–Trinajstić information content (AvgIpc) is 2.18. The zero-order chi connectivity index (χ0) is 11.0. The predicted molar refractivity (Wildman–Crippen MR) is 63.5 cm³/mol. The highest BCUT2D eigenvalue weighted by Gasteiger charge is 2.41. The predicted octanol–water partition coefficient (Wildman–Crippen LogP) is 3.24. The van der Waals surface area contributed by atoms with E-state index in [1.54, 1.807) is 0 Å². The van der Waals surface area contributed by atoms with Crippen molar-refractivity contribution in [2.45, 2.75) is 46.1 Å². The third-order valence-electron chi connectivity index (χ3n) is 4.56. The summed E-state index contributed by atoms with van der Waals surface area (Å²) in [6.45, 7) is 6.83. The molecule has 2 aliphatic carbocycles. The molecule has 0 bridgehead atoms. The van der Waals surface area contributed by atoms with E-state index in [-0.39, 0.29) is 6.10 Å². The van der Waals surface area contributed by atoms with Crippen LogP contribution in [0.2, 0.25) is 0 Å². The molecule has 0 aromatic rings. The number of hydrogen-bond donors (Lipinski definition) is 1. The Morgan fingerprint density at radius 3 is 2.60 bits per heavy atom. The van der Waals surface area contributed by atoms with Crippen molar-refractivity contribution in [1.82, 2.24) is 0 Å². The fourth-order valence-corrected chi connectivity index (χ4v) is 3.84. The Kier molecular flexibility index (Phi) is 3.20. The molecule has 0 amide bonds. The topological polar surface area (TPSA) is 20.2 Å². The molecule has 2 rings (SSSR count). The van der Waals surface area contributed by atoms with Crippen LogP contribution in [0.4, 0.5) is 0 Å². The lowest BCUT2D eigenvalue weighted by Gasteiger charge is -2.45. The normalized spacial score (nSPS) is 50.1. The first-order valence-corrected chi connectivity index (χ1v) is 6.49.